The molecule has 1 N–H and O–H groups in total. The number of hydrogen-bond donors (Lipinski definition) is 1. The van der Waals surface area contributed by atoms with Gasteiger partial charge >= 0.3 is 0 Å². The molecular weight excluding hydrogens is 371 g/mol. The summed E-state index contributed by atoms with van der Waals surface area (Å²) in [6.45, 7) is 3.47. The first-order valence-electron chi connectivity index (χ1n) is 8.53. The number of nitrogens with zero attached hydrogens (tertiary/aromatic N) is 1. The second-order valence-electron chi connectivity index (χ2n) is 6.77. The molecule has 6 heteroatoms. The summed E-state index contributed by atoms with van der Waals surface area (Å²) in [6.07, 6.45) is 0. The number of nitrogens with one attached hydrogen (secondary N) is 1. The first-order valence-corrected chi connectivity index (χ1v) is 8.90. The fraction of sp³-hybridized carbons (Fsp3) is 0.300. The minimum atomic E-state index is -0.151. The normalized spacial score (nSPS) is 21.2. The highest BCUT2D eigenvalue weighted by molar-refractivity contribution is 6.30. The maximum atomic E-state index is 13.0. The van der Waals surface area contributed by atoms with Gasteiger partial charge < -0.3 is 10.2 Å². The Morgan fingerprint density at radius 3 is 2.12 bits per heavy atom. The van der Waals surface area contributed by atoms with E-state index in [2.05, 4.69) is 5.32 Å². The molecule has 2 aromatic rings. The number of likely N-dealkylation sites (tertiary alicyclic amines) is 1. The maximum Gasteiger partial charge on any atom is 0.254 e. The molecule has 0 unspecified atom stereocenters. The molecular formula is C20H20Cl2N2O2. The van der Waals surface area contributed by atoms with Gasteiger partial charge in [0.1, 0.15) is 0 Å². The van der Waals surface area contributed by atoms with Crippen molar-refractivity contribution in [3.8, 4) is 0 Å². The van der Waals surface area contributed by atoms with Gasteiger partial charge in [-0.2, -0.15) is 0 Å². The summed E-state index contributed by atoms with van der Waals surface area (Å²) in [6, 6.07) is 13.8. The molecule has 2 aromatic carbocycles. The van der Waals surface area contributed by atoms with Gasteiger partial charge in [-0.3, -0.25) is 9.59 Å². The number of halogens is 2. The number of carbonyl (C=O) groups excluding carboxylic acids is 2. The number of amides is 1. The third kappa shape index (κ3) is 3.50. The Hall–Kier alpha value is -1.88. The van der Waals surface area contributed by atoms with Crippen LogP contribution in [0, 0.1) is 11.8 Å². The minimum Gasteiger partial charge on any atom is -0.338 e. The van der Waals surface area contributed by atoms with Crippen molar-refractivity contribution in [3.63, 3.8) is 0 Å². The molecule has 0 aliphatic carbocycles. The lowest BCUT2D eigenvalue weighted by atomic mass is 9.97. The van der Waals surface area contributed by atoms with Gasteiger partial charge in [-0.1, -0.05) is 29.8 Å². The Labute approximate surface area is 163 Å². The molecule has 2 fully saturated rings. The van der Waals surface area contributed by atoms with Crippen molar-refractivity contribution in [2.24, 2.45) is 11.8 Å². The van der Waals surface area contributed by atoms with E-state index in [1.54, 1.807) is 42.5 Å². The van der Waals surface area contributed by atoms with Gasteiger partial charge in [-0.25, -0.2) is 0 Å². The average molecular weight is 391 g/mol. The lowest BCUT2D eigenvalue weighted by Gasteiger charge is -2.19. The second-order valence-corrected chi connectivity index (χ2v) is 7.21. The van der Waals surface area contributed by atoms with Gasteiger partial charge in [-0.05, 0) is 42.2 Å². The summed E-state index contributed by atoms with van der Waals surface area (Å²) in [7, 11) is 0. The van der Waals surface area contributed by atoms with Crippen LogP contribution in [-0.2, 0) is 0 Å². The number of ketones is 1. The second kappa shape index (κ2) is 7.78. The fourth-order valence-corrected chi connectivity index (χ4v) is 3.94. The van der Waals surface area contributed by atoms with Gasteiger partial charge in [-0.15, -0.1) is 12.4 Å². The minimum absolute atomic E-state index is 0. The van der Waals surface area contributed by atoms with Crippen LogP contribution in [0.3, 0.4) is 0 Å². The predicted octanol–water partition coefficient (Wildman–Crippen LogP) is 3.28. The summed E-state index contributed by atoms with van der Waals surface area (Å²) in [5.41, 5.74) is 1.47. The van der Waals surface area contributed by atoms with E-state index in [4.69, 9.17) is 11.6 Å². The van der Waals surface area contributed by atoms with Gasteiger partial charge in [0, 0.05) is 42.3 Å². The Bertz CT molecular complexity index is 811. The van der Waals surface area contributed by atoms with Crippen LogP contribution in [0.2, 0.25) is 5.02 Å². The number of fused-ring (bicyclic) bond motifs is 1. The summed E-state index contributed by atoms with van der Waals surface area (Å²) in [5.74, 6) is 0.861. The van der Waals surface area contributed by atoms with Gasteiger partial charge in [0.25, 0.3) is 5.91 Å². The van der Waals surface area contributed by atoms with E-state index in [1.807, 2.05) is 11.0 Å². The maximum absolute atomic E-state index is 13.0. The third-order valence-corrected chi connectivity index (χ3v) is 5.44. The van der Waals surface area contributed by atoms with Gasteiger partial charge in [0.05, 0.1) is 5.56 Å². The molecule has 2 atom stereocenters. The van der Waals surface area contributed by atoms with Crippen LogP contribution in [-0.4, -0.2) is 42.8 Å². The highest BCUT2D eigenvalue weighted by Crippen LogP contribution is 2.28. The molecule has 2 aliphatic heterocycles. The Morgan fingerprint density at radius 2 is 1.50 bits per heavy atom. The van der Waals surface area contributed by atoms with Gasteiger partial charge in [0.15, 0.2) is 5.78 Å². The fourth-order valence-electron chi connectivity index (χ4n) is 3.82. The molecule has 2 aliphatic rings. The summed E-state index contributed by atoms with van der Waals surface area (Å²) < 4.78 is 0. The lowest BCUT2D eigenvalue weighted by molar-refractivity contribution is 0.0777. The zero-order valence-electron chi connectivity index (χ0n) is 14.2. The molecule has 1 amide bonds. The van der Waals surface area contributed by atoms with Crippen molar-refractivity contribution in [1.82, 2.24) is 10.2 Å². The quantitative estimate of drug-likeness (QED) is 0.817. The van der Waals surface area contributed by atoms with E-state index in [-0.39, 0.29) is 24.1 Å². The monoisotopic (exact) mass is 390 g/mol. The van der Waals surface area contributed by atoms with Crippen LogP contribution in [0.15, 0.2) is 48.5 Å². The van der Waals surface area contributed by atoms with E-state index in [1.165, 1.54) is 0 Å². The number of carbonyl (C=O) groups is 2. The molecule has 2 saturated heterocycles. The molecule has 0 radical (unpaired) electrons. The van der Waals surface area contributed by atoms with Crippen molar-refractivity contribution in [3.05, 3.63) is 70.2 Å². The number of benzene rings is 2. The summed E-state index contributed by atoms with van der Waals surface area (Å²) >= 11 is 5.90. The van der Waals surface area contributed by atoms with E-state index in [0.29, 0.717) is 33.5 Å². The molecule has 2 heterocycles. The van der Waals surface area contributed by atoms with Crippen LogP contribution in [0.5, 0.6) is 0 Å². The Balaban J connectivity index is 0.00000196. The lowest BCUT2D eigenvalue weighted by Crippen LogP contribution is -2.32. The van der Waals surface area contributed by atoms with Crippen molar-refractivity contribution < 1.29 is 9.59 Å². The smallest absolute Gasteiger partial charge is 0.254 e. The van der Waals surface area contributed by atoms with E-state index in [9.17, 15) is 9.59 Å². The molecule has 0 saturated carbocycles. The number of hydrogen-bond acceptors (Lipinski definition) is 3. The van der Waals surface area contributed by atoms with Crippen molar-refractivity contribution in [2.75, 3.05) is 26.2 Å². The van der Waals surface area contributed by atoms with E-state index in [0.717, 1.165) is 26.2 Å². The predicted molar refractivity (Wildman–Crippen MR) is 104 cm³/mol. The highest BCUT2D eigenvalue weighted by Gasteiger charge is 2.38. The average Bonchev–Trinajstić information content (AvgIpc) is 3.23. The summed E-state index contributed by atoms with van der Waals surface area (Å²) in [5, 5.41) is 3.96. The number of rotatable bonds is 3. The molecule has 0 aromatic heterocycles. The first-order chi connectivity index (χ1) is 12.1. The van der Waals surface area contributed by atoms with Crippen LogP contribution in [0.1, 0.15) is 26.3 Å². The Kier molecular flexibility index (Phi) is 5.66. The van der Waals surface area contributed by atoms with Crippen LogP contribution in [0.4, 0.5) is 0 Å². The standard InChI is InChI=1S/C20H19ClN2O2.ClH/c21-16-7-5-13(6-8-16)19(24)17-3-1-2-4-18(17)20(25)23-11-14-9-22-10-15(14)12-23;/h1-8,14-15,22H,9-12H2;1H/t14-,15+;. The zero-order chi connectivity index (χ0) is 17.4. The first kappa shape index (κ1) is 18.9. The summed E-state index contributed by atoms with van der Waals surface area (Å²) in [4.78, 5) is 27.8. The van der Waals surface area contributed by atoms with Gasteiger partial charge in [0.2, 0.25) is 0 Å². The largest absolute Gasteiger partial charge is 0.338 e. The van der Waals surface area contributed by atoms with E-state index < -0.39 is 0 Å². The molecule has 26 heavy (non-hydrogen) atoms. The SMILES string of the molecule is Cl.O=C(c1ccc(Cl)cc1)c1ccccc1C(=O)N1C[C@H]2CNC[C@H]2C1. The molecule has 0 spiro atoms. The topological polar surface area (TPSA) is 49.4 Å². The Morgan fingerprint density at radius 1 is 0.923 bits per heavy atom. The molecule has 136 valence electrons. The zero-order valence-corrected chi connectivity index (χ0v) is 15.7. The van der Waals surface area contributed by atoms with Crippen molar-refractivity contribution in [2.45, 2.75) is 0 Å². The molecule has 4 nitrogen and oxygen atoms in total. The van der Waals surface area contributed by atoms with Crippen molar-refractivity contribution in [1.29, 1.82) is 0 Å². The highest BCUT2D eigenvalue weighted by atomic mass is 35.5. The van der Waals surface area contributed by atoms with Crippen molar-refractivity contribution >= 4 is 35.7 Å². The van der Waals surface area contributed by atoms with Crippen LogP contribution >= 0.6 is 24.0 Å². The molecule has 0 bridgehead atoms. The molecule has 4 rings (SSSR count). The van der Waals surface area contributed by atoms with Crippen LogP contribution in [0.25, 0.3) is 0 Å². The third-order valence-electron chi connectivity index (χ3n) is 5.19. The van der Waals surface area contributed by atoms with Crippen LogP contribution < -0.4 is 5.32 Å². The van der Waals surface area contributed by atoms with E-state index >= 15 is 0 Å².